The van der Waals surface area contributed by atoms with E-state index in [-0.39, 0.29) is 12.5 Å². The quantitative estimate of drug-likeness (QED) is 0.746. The highest BCUT2D eigenvalue weighted by Crippen LogP contribution is 2.33. The first kappa shape index (κ1) is 20.0. The molecular weight excluding hydrogens is 378 g/mol. The molecule has 0 saturated heterocycles. The molecule has 1 atom stereocenters. The summed E-state index contributed by atoms with van der Waals surface area (Å²) in [5, 5.41) is 3.26. The lowest BCUT2D eigenvalue weighted by molar-refractivity contribution is -0.125. The minimum Gasteiger partial charge on any atom is -0.465 e. The Morgan fingerprint density at radius 2 is 1.93 bits per heavy atom. The fourth-order valence-electron chi connectivity index (χ4n) is 3.44. The van der Waals surface area contributed by atoms with Crippen LogP contribution in [0.5, 0.6) is 0 Å². The summed E-state index contributed by atoms with van der Waals surface area (Å²) in [6, 6.07) is 7.27. The standard InChI is InChI=1S/C20H23N3O4S/c1-11-12(2)28-19(17(11)20(26)27-3)22-16(24)10-23-9-14-7-5-4-6-13(14)8-15(23)18(21)25/h4-7,15H,8-10H2,1-3H3,(H2,21,25)(H,22,24)/t15-/m0/s1. The number of benzene rings is 1. The van der Waals surface area contributed by atoms with Crippen molar-refractivity contribution >= 4 is 34.1 Å². The number of carbonyl (C=O) groups is 3. The molecule has 2 aromatic rings. The number of nitrogens with zero attached hydrogens (tertiary/aromatic N) is 1. The fourth-order valence-corrected chi connectivity index (χ4v) is 4.50. The van der Waals surface area contributed by atoms with E-state index in [0.29, 0.717) is 23.5 Å². The van der Waals surface area contributed by atoms with Crippen LogP contribution in [0.2, 0.25) is 0 Å². The summed E-state index contributed by atoms with van der Waals surface area (Å²) in [7, 11) is 1.31. The molecule has 148 valence electrons. The molecule has 0 radical (unpaired) electrons. The van der Waals surface area contributed by atoms with Crippen molar-refractivity contribution in [1.82, 2.24) is 4.90 Å². The zero-order chi connectivity index (χ0) is 20.4. The second kappa shape index (κ2) is 8.12. The van der Waals surface area contributed by atoms with E-state index in [1.54, 1.807) is 4.90 Å². The van der Waals surface area contributed by atoms with Crippen LogP contribution < -0.4 is 11.1 Å². The Morgan fingerprint density at radius 3 is 2.57 bits per heavy atom. The molecule has 0 spiro atoms. The number of amides is 2. The van der Waals surface area contributed by atoms with Crippen LogP contribution >= 0.6 is 11.3 Å². The first-order chi connectivity index (χ1) is 13.3. The van der Waals surface area contributed by atoms with Gasteiger partial charge in [-0.25, -0.2) is 4.79 Å². The van der Waals surface area contributed by atoms with E-state index in [1.807, 2.05) is 38.1 Å². The monoisotopic (exact) mass is 401 g/mol. The number of anilines is 1. The van der Waals surface area contributed by atoms with Crippen molar-refractivity contribution in [2.45, 2.75) is 32.9 Å². The second-order valence-corrected chi connectivity index (χ2v) is 8.05. The first-order valence-corrected chi connectivity index (χ1v) is 9.71. The highest BCUT2D eigenvalue weighted by atomic mass is 32.1. The number of rotatable bonds is 5. The number of ether oxygens (including phenoxy) is 1. The predicted octanol–water partition coefficient (Wildman–Crippen LogP) is 2.00. The third-order valence-electron chi connectivity index (χ3n) is 5.05. The minimum atomic E-state index is -0.549. The number of esters is 1. The number of carbonyl (C=O) groups excluding carboxylic acids is 3. The number of primary amides is 1. The molecule has 3 N–H and O–H groups in total. The summed E-state index contributed by atoms with van der Waals surface area (Å²) in [5.41, 5.74) is 8.88. The van der Waals surface area contributed by atoms with Crippen molar-refractivity contribution in [3.8, 4) is 0 Å². The van der Waals surface area contributed by atoms with Gasteiger partial charge in [-0.05, 0) is 37.0 Å². The van der Waals surface area contributed by atoms with Gasteiger partial charge in [-0.15, -0.1) is 11.3 Å². The van der Waals surface area contributed by atoms with Crippen LogP contribution in [-0.2, 0) is 27.3 Å². The van der Waals surface area contributed by atoms with E-state index in [1.165, 1.54) is 18.4 Å². The molecular formula is C20H23N3O4S. The van der Waals surface area contributed by atoms with Crippen LogP contribution in [0.1, 0.15) is 31.9 Å². The van der Waals surface area contributed by atoms with Crippen molar-refractivity contribution < 1.29 is 19.1 Å². The normalized spacial score (nSPS) is 16.3. The molecule has 0 saturated carbocycles. The van der Waals surface area contributed by atoms with Gasteiger partial charge in [0.15, 0.2) is 0 Å². The topological polar surface area (TPSA) is 102 Å². The molecule has 1 aliphatic rings. The molecule has 0 unspecified atom stereocenters. The van der Waals surface area contributed by atoms with Gasteiger partial charge in [0.2, 0.25) is 11.8 Å². The third-order valence-corrected chi connectivity index (χ3v) is 6.17. The summed E-state index contributed by atoms with van der Waals surface area (Å²) in [6.45, 7) is 4.16. The molecule has 2 amide bonds. The number of hydrogen-bond acceptors (Lipinski definition) is 6. The lowest BCUT2D eigenvalue weighted by atomic mass is 9.93. The van der Waals surface area contributed by atoms with Gasteiger partial charge in [0.25, 0.3) is 0 Å². The van der Waals surface area contributed by atoms with Gasteiger partial charge in [-0.2, -0.15) is 0 Å². The Hall–Kier alpha value is -2.71. The first-order valence-electron chi connectivity index (χ1n) is 8.90. The van der Waals surface area contributed by atoms with Crippen LogP contribution in [-0.4, -0.2) is 42.4 Å². The number of thiophene rings is 1. The maximum Gasteiger partial charge on any atom is 0.341 e. The zero-order valence-corrected chi connectivity index (χ0v) is 16.9. The molecule has 2 heterocycles. The Balaban J connectivity index is 1.78. The molecule has 8 heteroatoms. The van der Waals surface area contributed by atoms with E-state index in [4.69, 9.17) is 10.5 Å². The maximum absolute atomic E-state index is 12.7. The molecule has 0 aliphatic carbocycles. The van der Waals surface area contributed by atoms with Gasteiger partial charge < -0.3 is 15.8 Å². The third kappa shape index (κ3) is 3.93. The van der Waals surface area contributed by atoms with Gasteiger partial charge in [-0.3, -0.25) is 14.5 Å². The molecule has 0 bridgehead atoms. The Labute approximate surface area is 167 Å². The second-order valence-electron chi connectivity index (χ2n) is 6.82. The van der Waals surface area contributed by atoms with Crippen molar-refractivity contribution in [2.24, 2.45) is 5.73 Å². The summed E-state index contributed by atoms with van der Waals surface area (Å²) in [5.74, 6) is -1.25. The van der Waals surface area contributed by atoms with E-state index in [2.05, 4.69) is 5.32 Å². The highest BCUT2D eigenvalue weighted by Gasteiger charge is 2.31. The van der Waals surface area contributed by atoms with Gasteiger partial charge in [0, 0.05) is 11.4 Å². The van der Waals surface area contributed by atoms with Crippen LogP contribution in [0.4, 0.5) is 5.00 Å². The van der Waals surface area contributed by atoms with Gasteiger partial charge in [-0.1, -0.05) is 24.3 Å². The van der Waals surface area contributed by atoms with E-state index in [9.17, 15) is 14.4 Å². The van der Waals surface area contributed by atoms with E-state index in [0.717, 1.165) is 21.6 Å². The molecule has 1 aromatic heterocycles. The number of fused-ring (bicyclic) bond motifs is 1. The highest BCUT2D eigenvalue weighted by molar-refractivity contribution is 7.16. The molecule has 1 aromatic carbocycles. The number of nitrogens with one attached hydrogen (secondary N) is 1. The van der Waals surface area contributed by atoms with Gasteiger partial charge in [0.1, 0.15) is 5.00 Å². The van der Waals surface area contributed by atoms with Crippen LogP contribution in [0.3, 0.4) is 0 Å². The van der Waals surface area contributed by atoms with Crippen LogP contribution in [0.15, 0.2) is 24.3 Å². The fraction of sp³-hybridized carbons (Fsp3) is 0.350. The Bertz CT molecular complexity index is 938. The largest absolute Gasteiger partial charge is 0.465 e. The average Bonchev–Trinajstić information content (AvgIpc) is 2.93. The zero-order valence-electron chi connectivity index (χ0n) is 16.1. The SMILES string of the molecule is COC(=O)c1c(NC(=O)CN2Cc3ccccc3C[C@H]2C(N)=O)sc(C)c1C. The van der Waals surface area contributed by atoms with Crippen LogP contribution in [0, 0.1) is 13.8 Å². The summed E-state index contributed by atoms with van der Waals surface area (Å²) in [4.78, 5) is 39.4. The minimum absolute atomic E-state index is 0.00144. The van der Waals surface area contributed by atoms with E-state index >= 15 is 0 Å². The number of methoxy groups -OCH3 is 1. The molecule has 7 nitrogen and oxygen atoms in total. The Kier molecular flexibility index (Phi) is 5.81. The van der Waals surface area contributed by atoms with Crippen molar-refractivity contribution in [1.29, 1.82) is 0 Å². The Morgan fingerprint density at radius 1 is 1.25 bits per heavy atom. The van der Waals surface area contributed by atoms with Crippen molar-refractivity contribution in [3.05, 3.63) is 51.4 Å². The molecule has 1 aliphatic heterocycles. The van der Waals surface area contributed by atoms with E-state index < -0.39 is 17.9 Å². The molecule has 28 heavy (non-hydrogen) atoms. The number of hydrogen-bond donors (Lipinski definition) is 2. The van der Waals surface area contributed by atoms with Gasteiger partial charge in [0.05, 0.1) is 25.3 Å². The molecule has 0 fully saturated rings. The smallest absolute Gasteiger partial charge is 0.341 e. The summed E-state index contributed by atoms with van der Waals surface area (Å²) < 4.78 is 4.84. The summed E-state index contributed by atoms with van der Waals surface area (Å²) in [6.07, 6.45) is 0.476. The van der Waals surface area contributed by atoms with Crippen molar-refractivity contribution in [3.63, 3.8) is 0 Å². The lowest BCUT2D eigenvalue weighted by Crippen LogP contribution is -2.50. The lowest BCUT2D eigenvalue weighted by Gasteiger charge is -2.34. The number of aryl methyl sites for hydroxylation is 1. The molecule has 3 rings (SSSR count). The van der Waals surface area contributed by atoms with Gasteiger partial charge >= 0.3 is 5.97 Å². The van der Waals surface area contributed by atoms with Crippen molar-refractivity contribution in [2.75, 3.05) is 19.0 Å². The summed E-state index contributed by atoms with van der Waals surface area (Å²) >= 11 is 1.33. The average molecular weight is 401 g/mol. The maximum atomic E-state index is 12.7. The predicted molar refractivity (Wildman–Crippen MR) is 107 cm³/mol. The van der Waals surface area contributed by atoms with Crippen LogP contribution in [0.25, 0.3) is 0 Å². The number of nitrogens with two attached hydrogens (primary N) is 1.